The second kappa shape index (κ2) is 5.57. The zero-order chi connectivity index (χ0) is 14.0. The fourth-order valence-corrected chi connectivity index (χ4v) is 2.23. The molecule has 0 aliphatic carbocycles. The van der Waals surface area contributed by atoms with Crippen LogP contribution in [0.15, 0.2) is 18.5 Å². The summed E-state index contributed by atoms with van der Waals surface area (Å²) in [7, 11) is 0. The molecule has 1 fully saturated rings. The zero-order valence-corrected chi connectivity index (χ0v) is 11.6. The van der Waals surface area contributed by atoms with Gasteiger partial charge in [-0.15, -0.1) is 0 Å². The lowest BCUT2D eigenvalue weighted by Gasteiger charge is -2.34. The Morgan fingerprint density at radius 2 is 2.26 bits per heavy atom. The molecule has 1 aliphatic rings. The third kappa shape index (κ3) is 3.04. The topological polar surface area (TPSA) is 62.3 Å². The molecule has 1 aromatic heterocycles. The Morgan fingerprint density at radius 1 is 1.53 bits per heavy atom. The van der Waals surface area contributed by atoms with Gasteiger partial charge in [0.15, 0.2) is 0 Å². The van der Waals surface area contributed by atoms with E-state index in [0.717, 1.165) is 5.56 Å². The first-order valence-corrected chi connectivity index (χ1v) is 6.53. The highest BCUT2D eigenvalue weighted by Crippen LogP contribution is 2.18. The standard InChI is InChI=1S/C13H16ClN3O2/c1-8(2)12-13(19)17(7-11(18)16-12)6-9-3-4-15-5-10(9)14/h3-5,8,12H,6-7H2,1-2H3,(H,16,18). The minimum Gasteiger partial charge on any atom is -0.343 e. The highest BCUT2D eigenvalue weighted by Gasteiger charge is 2.34. The van der Waals surface area contributed by atoms with Crippen LogP contribution >= 0.6 is 11.6 Å². The number of pyridine rings is 1. The van der Waals surface area contributed by atoms with Crippen molar-refractivity contribution in [1.29, 1.82) is 0 Å². The summed E-state index contributed by atoms with van der Waals surface area (Å²) in [5.74, 6) is -0.141. The van der Waals surface area contributed by atoms with Crippen LogP contribution in [-0.4, -0.2) is 34.3 Å². The van der Waals surface area contributed by atoms with Crippen LogP contribution in [0.5, 0.6) is 0 Å². The summed E-state index contributed by atoms with van der Waals surface area (Å²) in [5, 5.41) is 3.22. The molecule has 1 atom stereocenters. The maximum atomic E-state index is 12.3. The summed E-state index contributed by atoms with van der Waals surface area (Å²) in [6.07, 6.45) is 3.15. The molecule has 2 amide bonds. The van der Waals surface area contributed by atoms with E-state index in [0.29, 0.717) is 11.6 Å². The van der Waals surface area contributed by atoms with Gasteiger partial charge in [0.25, 0.3) is 0 Å². The number of hydrogen-bond acceptors (Lipinski definition) is 3. The number of nitrogens with zero attached hydrogens (tertiary/aromatic N) is 2. The molecule has 0 bridgehead atoms. The van der Waals surface area contributed by atoms with Gasteiger partial charge in [0.2, 0.25) is 11.8 Å². The monoisotopic (exact) mass is 281 g/mol. The number of amides is 2. The maximum Gasteiger partial charge on any atom is 0.246 e. The summed E-state index contributed by atoms with van der Waals surface area (Å²) in [5.41, 5.74) is 0.794. The number of carbonyl (C=O) groups is 2. The molecule has 0 radical (unpaired) electrons. The second-order valence-corrected chi connectivity index (χ2v) is 5.36. The number of rotatable bonds is 3. The van der Waals surface area contributed by atoms with E-state index >= 15 is 0 Å². The summed E-state index contributed by atoms with van der Waals surface area (Å²) < 4.78 is 0. The molecule has 0 aromatic carbocycles. The van der Waals surface area contributed by atoms with Crippen LogP contribution in [0.3, 0.4) is 0 Å². The van der Waals surface area contributed by atoms with Crippen molar-refractivity contribution in [2.75, 3.05) is 6.54 Å². The van der Waals surface area contributed by atoms with Gasteiger partial charge in [0, 0.05) is 18.9 Å². The van der Waals surface area contributed by atoms with Crippen molar-refractivity contribution in [2.24, 2.45) is 5.92 Å². The van der Waals surface area contributed by atoms with Crippen molar-refractivity contribution in [3.05, 3.63) is 29.0 Å². The molecule has 6 heteroatoms. The van der Waals surface area contributed by atoms with Gasteiger partial charge < -0.3 is 10.2 Å². The average Bonchev–Trinajstić information content (AvgIpc) is 2.35. The first kappa shape index (κ1) is 13.8. The molecule has 1 aliphatic heterocycles. The predicted octanol–water partition coefficient (Wildman–Crippen LogP) is 1.22. The molecule has 1 N–H and O–H groups in total. The van der Waals surface area contributed by atoms with E-state index in [1.165, 1.54) is 11.1 Å². The van der Waals surface area contributed by atoms with E-state index in [1.54, 1.807) is 12.3 Å². The normalized spacial score (nSPS) is 19.8. The maximum absolute atomic E-state index is 12.3. The van der Waals surface area contributed by atoms with E-state index in [1.807, 2.05) is 13.8 Å². The highest BCUT2D eigenvalue weighted by atomic mass is 35.5. The zero-order valence-electron chi connectivity index (χ0n) is 10.9. The van der Waals surface area contributed by atoms with Crippen LogP contribution in [0.2, 0.25) is 5.02 Å². The molecular formula is C13H16ClN3O2. The largest absolute Gasteiger partial charge is 0.343 e. The minimum absolute atomic E-state index is 0.0622. The van der Waals surface area contributed by atoms with Gasteiger partial charge in [-0.3, -0.25) is 14.6 Å². The minimum atomic E-state index is -0.457. The fraction of sp³-hybridized carbons (Fsp3) is 0.462. The predicted molar refractivity (Wildman–Crippen MR) is 71.4 cm³/mol. The van der Waals surface area contributed by atoms with E-state index in [9.17, 15) is 9.59 Å². The van der Waals surface area contributed by atoms with Crippen molar-refractivity contribution in [2.45, 2.75) is 26.4 Å². The SMILES string of the molecule is CC(C)C1NC(=O)CN(Cc2ccncc2Cl)C1=O. The first-order chi connectivity index (χ1) is 8.99. The van der Waals surface area contributed by atoms with Crippen molar-refractivity contribution in [1.82, 2.24) is 15.2 Å². The van der Waals surface area contributed by atoms with Crippen LogP contribution in [0.1, 0.15) is 19.4 Å². The molecule has 1 aromatic rings. The summed E-state index contributed by atoms with van der Waals surface area (Å²) in [4.78, 5) is 29.4. The van der Waals surface area contributed by atoms with Gasteiger partial charge in [-0.2, -0.15) is 0 Å². The van der Waals surface area contributed by atoms with Crippen molar-refractivity contribution in [3.8, 4) is 0 Å². The number of hydrogen-bond donors (Lipinski definition) is 1. The Bertz CT molecular complexity index is 504. The third-order valence-corrected chi connectivity index (χ3v) is 3.45. The molecule has 2 heterocycles. The van der Waals surface area contributed by atoms with Gasteiger partial charge >= 0.3 is 0 Å². The molecule has 102 valence electrons. The van der Waals surface area contributed by atoms with E-state index in [-0.39, 0.29) is 24.3 Å². The van der Waals surface area contributed by atoms with Crippen LogP contribution in [0, 0.1) is 5.92 Å². The average molecular weight is 282 g/mol. The lowest BCUT2D eigenvalue weighted by atomic mass is 10.0. The van der Waals surface area contributed by atoms with Gasteiger partial charge in [0.05, 0.1) is 11.6 Å². The van der Waals surface area contributed by atoms with Crippen molar-refractivity contribution < 1.29 is 9.59 Å². The lowest BCUT2D eigenvalue weighted by Crippen LogP contribution is -2.59. The molecule has 5 nitrogen and oxygen atoms in total. The Balaban J connectivity index is 2.17. The first-order valence-electron chi connectivity index (χ1n) is 6.15. The molecule has 0 saturated carbocycles. The van der Waals surface area contributed by atoms with Gasteiger partial charge in [-0.05, 0) is 17.5 Å². The molecule has 1 unspecified atom stereocenters. The van der Waals surface area contributed by atoms with Gasteiger partial charge in [-0.1, -0.05) is 25.4 Å². The van der Waals surface area contributed by atoms with Crippen molar-refractivity contribution >= 4 is 23.4 Å². The fourth-order valence-electron chi connectivity index (χ4n) is 2.05. The number of nitrogens with one attached hydrogen (secondary N) is 1. The van der Waals surface area contributed by atoms with Crippen LogP contribution < -0.4 is 5.32 Å². The number of halogens is 1. The summed E-state index contributed by atoms with van der Waals surface area (Å²) in [6.45, 7) is 4.22. The Morgan fingerprint density at radius 3 is 2.89 bits per heavy atom. The van der Waals surface area contributed by atoms with Gasteiger partial charge in [0.1, 0.15) is 6.04 Å². The molecule has 1 saturated heterocycles. The number of piperazine rings is 1. The Labute approximate surface area is 117 Å². The molecule has 0 spiro atoms. The molecular weight excluding hydrogens is 266 g/mol. The van der Waals surface area contributed by atoms with Crippen molar-refractivity contribution in [3.63, 3.8) is 0 Å². The van der Waals surface area contributed by atoms with Crippen LogP contribution in [0.25, 0.3) is 0 Å². The highest BCUT2D eigenvalue weighted by molar-refractivity contribution is 6.31. The number of carbonyl (C=O) groups excluding carboxylic acids is 2. The quantitative estimate of drug-likeness (QED) is 0.906. The summed E-state index contributed by atoms with van der Waals surface area (Å²) >= 11 is 6.03. The second-order valence-electron chi connectivity index (χ2n) is 4.95. The van der Waals surface area contributed by atoms with Crippen LogP contribution in [0.4, 0.5) is 0 Å². The van der Waals surface area contributed by atoms with E-state index in [4.69, 9.17) is 11.6 Å². The Hall–Kier alpha value is -1.62. The smallest absolute Gasteiger partial charge is 0.246 e. The number of aromatic nitrogens is 1. The molecule has 19 heavy (non-hydrogen) atoms. The molecule has 2 rings (SSSR count). The van der Waals surface area contributed by atoms with Gasteiger partial charge in [-0.25, -0.2) is 0 Å². The van der Waals surface area contributed by atoms with Crippen LogP contribution in [-0.2, 0) is 16.1 Å². The van der Waals surface area contributed by atoms with E-state index in [2.05, 4.69) is 10.3 Å². The third-order valence-electron chi connectivity index (χ3n) is 3.11. The summed E-state index contributed by atoms with van der Waals surface area (Å²) in [6, 6.07) is 1.30. The Kier molecular flexibility index (Phi) is 4.04. The van der Waals surface area contributed by atoms with E-state index < -0.39 is 6.04 Å². The lowest BCUT2D eigenvalue weighted by molar-refractivity contribution is -0.146.